The number of imide groups is 1. The second-order valence-corrected chi connectivity index (χ2v) is 7.74. The Kier molecular flexibility index (Phi) is 6.32. The lowest BCUT2D eigenvalue weighted by Crippen LogP contribution is -2.54. The Hall–Kier alpha value is -3.15. The predicted molar refractivity (Wildman–Crippen MR) is 111 cm³/mol. The summed E-state index contributed by atoms with van der Waals surface area (Å²) < 4.78 is 0. The van der Waals surface area contributed by atoms with E-state index in [2.05, 4.69) is 19.2 Å². The minimum Gasteiger partial charge on any atom is -0.340 e. The minimum absolute atomic E-state index is 0.141. The highest BCUT2D eigenvalue weighted by Crippen LogP contribution is 2.24. The van der Waals surface area contributed by atoms with Crippen molar-refractivity contribution in [2.75, 3.05) is 13.6 Å². The van der Waals surface area contributed by atoms with Crippen molar-refractivity contribution in [2.24, 2.45) is 0 Å². The molecule has 3 rings (SSSR count). The summed E-state index contributed by atoms with van der Waals surface area (Å²) in [5.74, 6) is -0.203. The third-order valence-corrected chi connectivity index (χ3v) is 5.21. The standard InChI is InChI=1S/C23H27N3O3/c1-16(2)18-9-11-19(12-10-18)20-13-21(27)26(23(29)24-20)15-22(28)25(3)14-17-7-5-4-6-8-17/h4-12,16,20H,13-15H2,1-3H3,(H,24,29). The molecule has 29 heavy (non-hydrogen) atoms. The van der Waals surface area contributed by atoms with Crippen LogP contribution in [0.3, 0.4) is 0 Å². The van der Waals surface area contributed by atoms with Crippen LogP contribution in [-0.2, 0) is 16.1 Å². The maximum Gasteiger partial charge on any atom is 0.325 e. The van der Waals surface area contributed by atoms with Crippen LogP contribution in [0.5, 0.6) is 0 Å². The number of likely N-dealkylation sites (N-methyl/N-ethyl adjacent to an activating group) is 1. The smallest absolute Gasteiger partial charge is 0.325 e. The zero-order valence-corrected chi connectivity index (χ0v) is 17.1. The summed E-state index contributed by atoms with van der Waals surface area (Å²) in [6.45, 7) is 4.40. The molecule has 1 heterocycles. The number of benzene rings is 2. The number of hydrogen-bond acceptors (Lipinski definition) is 3. The molecule has 6 nitrogen and oxygen atoms in total. The van der Waals surface area contributed by atoms with E-state index in [0.29, 0.717) is 12.5 Å². The first-order valence-corrected chi connectivity index (χ1v) is 9.83. The van der Waals surface area contributed by atoms with Gasteiger partial charge in [0.2, 0.25) is 11.8 Å². The van der Waals surface area contributed by atoms with Crippen LogP contribution in [-0.4, -0.2) is 41.2 Å². The first-order chi connectivity index (χ1) is 13.8. The van der Waals surface area contributed by atoms with Gasteiger partial charge in [-0.3, -0.25) is 14.5 Å². The molecule has 1 saturated heterocycles. The molecule has 1 unspecified atom stereocenters. The van der Waals surface area contributed by atoms with Crippen LogP contribution in [0, 0.1) is 0 Å². The summed E-state index contributed by atoms with van der Waals surface area (Å²) in [4.78, 5) is 40.1. The minimum atomic E-state index is -0.527. The number of nitrogens with zero attached hydrogens (tertiary/aromatic N) is 2. The second kappa shape index (κ2) is 8.90. The van der Waals surface area contributed by atoms with E-state index >= 15 is 0 Å². The van der Waals surface area contributed by atoms with Gasteiger partial charge in [-0.15, -0.1) is 0 Å². The topological polar surface area (TPSA) is 69.7 Å². The number of carbonyl (C=O) groups excluding carboxylic acids is 3. The van der Waals surface area contributed by atoms with E-state index in [-0.39, 0.29) is 30.8 Å². The van der Waals surface area contributed by atoms with E-state index < -0.39 is 6.03 Å². The van der Waals surface area contributed by atoms with Gasteiger partial charge in [-0.2, -0.15) is 0 Å². The molecule has 152 valence electrons. The van der Waals surface area contributed by atoms with Crippen LogP contribution >= 0.6 is 0 Å². The summed E-state index contributed by atoms with van der Waals surface area (Å²) in [6, 6.07) is 16.6. The fourth-order valence-corrected chi connectivity index (χ4v) is 3.35. The lowest BCUT2D eigenvalue weighted by atomic mass is 9.96. The molecule has 0 aromatic heterocycles. The first kappa shape index (κ1) is 20.6. The molecule has 1 aliphatic rings. The van der Waals surface area contributed by atoms with E-state index in [0.717, 1.165) is 16.0 Å². The van der Waals surface area contributed by atoms with Crippen molar-refractivity contribution >= 4 is 17.8 Å². The van der Waals surface area contributed by atoms with Gasteiger partial charge in [0, 0.05) is 13.6 Å². The molecular formula is C23H27N3O3. The summed E-state index contributed by atoms with van der Waals surface area (Å²) in [5.41, 5.74) is 3.09. The van der Waals surface area contributed by atoms with Gasteiger partial charge in [-0.25, -0.2) is 4.79 Å². The summed E-state index contributed by atoms with van der Waals surface area (Å²) in [7, 11) is 1.67. The van der Waals surface area contributed by atoms with Gasteiger partial charge < -0.3 is 10.2 Å². The Morgan fingerprint density at radius 1 is 1.10 bits per heavy atom. The first-order valence-electron chi connectivity index (χ1n) is 9.83. The van der Waals surface area contributed by atoms with Gasteiger partial charge in [0.15, 0.2) is 0 Å². The van der Waals surface area contributed by atoms with E-state index in [1.807, 2.05) is 54.6 Å². The number of amides is 4. The maximum atomic E-state index is 12.6. The molecule has 2 aromatic carbocycles. The Morgan fingerprint density at radius 3 is 2.34 bits per heavy atom. The molecule has 1 aliphatic heterocycles. The third-order valence-electron chi connectivity index (χ3n) is 5.21. The van der Waals surface area contributed by atoms with Crippen LogP contribution in [0.25, 0.3) is 0 Å². The summed E-state index contributed by atoms with van der Waals surface area (Å²) >= 11 is 0. The van der Waals surface area contributed by atoms with Gasteiger partial charge in [-0.1, -0.05) is 68.4 Å². The largest absolute Gasteiger partial charge is 0.340 e. The van der Waals surface area contributed by atoms with Crippen molar-refractivity contribution < 1.29 is 14.4 Å². The van der Waals surface area contributed by atoms with Crippen molar-refractivity contribution in [3.63, 3.8) is 0 Å². The lowest BCUT2D eigenvalue weighted by molar-refractivity contribution is -0.138. The number of hydrogen-bond donors (Lipinski definition) is 1. The van der Waals surface area contributed by atoms with Crippen molar-refractivity contribution in [1.82, 2.24) is 15.1 Å². The fraction of sp³-hybridized carbons (Fsp3) is 0.348. The molecular weight excluding hydrogens is 366 g/mol. The number of nitrogens with one attached hydrogen (secondary N) is 1. The van der Waals surface area contributed by atoms with Crippen molar-refractivity contribution in [2.45, 2.75) is 38.8 Å². The van der Waals surface area contributed by atoms with Crippen LogP contribution in [0.2, 0.25) is 0 Å². The quantitative estimate of drug-likeness (QED) is 0.817. The van der Waals surface area contributed by atoms with Crippen LogP contribution in [0.15, 0.2) is 54.6 Å². The molecule has 0 radical (unpaired) electrons. The Labute approximate surface area is 171 Å². The third kappa shape index (κ3) is 5.02. The monoisotopic (exact) mass is 393 g/mol. The van der Waals surface area contributed by atoms with Crippen LogP contribution < -0.4 is 5.32 Å². The SMILES string of the molecule is CC(C)c1ccc(C2CC(=O)N(CC(=O)N(C)Cc3ccccc3)C(=O)N2)cc1. The van der Waals surface area contributed by atoms with Crippen LogP contribution in [0.1, 0.15) is 48.9 Å². The fourth-order valence-electron chi connectivity index (χ4n) is 3.35. The Morgan fingerprint density at radius 2 is 1.76 bits per heavy atom. The summed E-state index contributed by atoms with van der Waals surface area (Å²) in [5, 5.41) is 2.85. The average molecular weight is 393 g/mol. The van der Waals surface area contributed by atoms with Gasteiger partial charge in [0.1, 0.15) is 6.54 Å². The van der Waals surface area contributed by atoms with Crippen molar-refractivity contribution in [3.8, 4) is 0 Å². The number of rotatable bonds is 6. The van der Waals surface area contributed by atoms with Gasteiger partial charge in [0.05, 0.1) is 12.5 Å². The number of carbonyl (C=O) groups is 3. The lowest BCUT2D eigenvalue weighted by Gasteiger charge is -2.32. The molecule has 1 N–H and O–H groups in total. The zero-order chi connectivity index (χ0) is 21.0. The predicted octanol–water partition coefficient (Wildman–Crippen LogP) is 3.45. The van der Waals surface area contributed by atoms with Gasteiger partial charge in [0.25, 0.3) is 0 Å². The molecule has 1 fully saturated rings. The normalized spacial score (nSPS) is 16.7. The van der Waals surface area contributed by atoms with Crippen LogP contribution in [0.4, 0.5) is 4.79 Å². The highest BCUT2D eigenvalue weighted by Gasteiger charge is 2.34. The zero-order valence-electron chi connectivity index (χ0n) is 17.1. The van der Waals surface area contributed by atoms with Gasteiger partial charge in [-0.05, 0) is 22.6 Å². The van der Waals surface area contributed by atoms with E-state index in [1.165, 1.54) is 10.5 Å². The molecule has 2 aromatic rings. The molecule has 0 saturated carbocycles. The molecule has 6 heteroatoms. The molecule has 1 atom stereocenters. The highest BCUT2D eigenvalue weighted by atomic mass is 16.2. The molecule has 0 spiro atoms. The Bertz CT molecular complexity index is 860. The van der Waals surface area contributed by atoms with E-state index in [9.17, 15) is 14.4 Å². The Balaban J connectivity index is 1.60. The average Bonchev–Trinajstić information content (AvgIpc) is 2.71. The van der Waals surface area contributed by atoms with E-state index in [4.69, 9.17) is 0 Å². The van der Waals surface area contributed by atoms with Crippen molar-refractivity contribution in [1.29, 1.82) is 0 Å². The van der Waals surface area contributed by atoms with E-state index in [1.54, 1.807) is 7.05 Å². The molecule has 0 aliphatic carbocycles. The second-order valence-electron chi connectivity index (χ2n) is 7.74. The highest BCUT2D eigenvalue weighted by molar-refractivity contribution is 6.00. The van der Waals surface area contributed by atoms with Crippen molar-refractivity contribution in [3.05, 3.63) is 71.3 Å². The number of urea groups is 1. The maximum absolute atomic E-state index is 12.6. The molecule has 4 amide bonds. The van der Waals surface area contributed by atoms with Gasteiger partial charge >= 0.3 is 6.03 Å². The summed E-state index contributed by atoms with van der Waals surface area (Å²) in [6.07, 6.45) is 0.141. The molecule has 0 bridgehead atoms.